The van der Waals surface area contributed by atoms with Gasteiger partial charge in [-0.25, -0.2) is 16.8 Å². The molecule has 0 heterocycles. The van der Waals surface area contributed by atoms with E-state index >= 15 is 0 Å². The number of allylic oxidation sites excluding steroid dienone is 2. The van der Waals surface area contributed by atoms with Crippen LogP contribution in [0.5, 0.6) is 11.5 Å². The highest BCUT2D eigenvalue weighted by molar-refractivity contribution is 7.91. The molecular formula is C37H36N10O15S5. The Balaban J connectivity index is 1.41. The lowest BCUT2D eigenvalue weighted by Gasteiger charge is -2.14. The quantitative estimate of drug-likeness (QED) is 0.0208. The Morgan fingerprint density at radius 2 is 1.28 bits per heavy atom. The van der Waals surface area contributed by atoms with Gasteiger partial charge in [-0.05, 0) is 84.9 Å². The zero-order chi connectivity index (χ0) is 49.7. The van der Waals surface area contributed by atoms with Crippen molar-refractivity contribution in [2.45, 2.75) is 19.6 Å². The van der Waals surface area contributed by atoms with E-state index in [2.05, 4.69) is 48.6 Å². The number of phenols is 1. The number of anilines is 2. The van der Waals surface area contributed by atoms with E-state index in [9.17, 15) is 56.3 Å². The van der Waals surface area contributed by atoms with Crippen LogP contribution in [0.3, 0.4) is 0 Å². The van der Waals surface area contributed by atoms with Crippen LogP contribution in [0, 0.1) is 0 Å². The molecule has 25 nitrogen and oxygen atoms in total. The average Bonchev–Trinajstić information content (AvgIpc) is 3.23. The summed E-state index contributed by atoms with van der Waals surface area (Å²) in [4.78, 5) is -2.85. The average molecular weight is 1020 g/mol. The second kappa shape index (κ2) is 19.8. The van der Waals surface area contributed by atoms with Crippen LogP contribution in [-0.2, 0) is 50.4 Å². The molecule has 10 N–H and O–H groups in total. The number of phenolic OH excluding ortho intramolecular Hbond substituents is 1. The van der Waals surface area contributed by atoms with Crippen molar-refractivity contribution >= 4 is 101 Å². The number of sulfonamides is 1. The van der Waals surface area contributed by atoms with Crippen LogP contribution >= 0.6 is 0 Å². The molecule has 0 unspecified atom stereocenters. The van der Waals surface area contributed by atoms with Gasteiger partial charge in [0, 0.05) is 29.4 Å². The van der Waals surface area contributed by atoms with Gasteiger partial charge in [0.2, 0.25) is 0 Å². The molecule has 0 saturated carbocycles. The first-order valence-corrected chi connectivity index (χ1v) is 25.5. The summed E-state index contributed by atoms with van der Waals surface area (Å²) < 4.78 is 161. The van der Waals surface area contributed by atoms with E-state index in [0.717, 1.165) is 48.5 Å². The van der Waals surface area contributed by atoms with Gasteiger partial charge in [0.05, 0.1) is 50.8 Å². The van der Waals surface area contributed by atoms with Gasteiger partial charge in [-0.1, -0.05) is 13.2 Å². The van der Waals surface area contributed by atoms with E-state index < -0.39 is 106 Å². The summed E-state index contributed by atoms with van der Waals surface area (Å²) in [5.41, 5.74) is 10.5. The molecule has 354 valence electrons. The molecule has 0 atom stereocenters. The summed E-state index contributed by atoms with van der Waals surface area (Å²) >= 11 is 0. The number of nitrogens with one attached hydrogen (secondary N) is 2. The minimum absolute atomic E-state index is 0.0573. The summed E-state index contributed by atoms with van der Waals surface area (Å²) in [7, 11) is -22.2. The van der Waals surface area contributed by atoms with E-state index in [1.807, 2.05) is 0 Å². The van der Waals surface area contributed by atoms with Crippen molar-refractivity contribution in [3.05, 3.63) is 116 Å². The zero-order valence-electron chi connectivity index (χ0n) is 34.1. The highest BCUT2D eigenvalue weighted by Gasteiger charge is 2.29. The van der Waals surface area contributed by atoms with E-state index in [4.69, 9.17) is 20.8 Å². The van der Waals surface area contributed by atoms with Gasteiger partial charge in [0.1, 0.15) is 32.6 Å². The Morgan fingerprint density at radius 1 is 0.701 bits per heavy atom. The smallest absolute Gasteiger partial charge is 0.333 e. The number of benzene rings is 5. The molecule has 0 aliphatic rings. The number of ether oxygens (including phenoxy) is 1. The number of nitrogen functional groups attached to an aromatic ring is 2. The molecule has 0 aromatic heterocycles. The van der Waals surface area contributed by atoms with Gasteiger partial charge in [0.15, 0.2) is 15.6 Å². The summed E-state index contributed by atoms with van der Waals surface area (Å²) in [5, 5.41) is 33.2. The molecule has 0 spiro atoms. The number of fused-ring (bicyclic) bond motifs is 1. The van der Waals surface area contributed by atoms with Gasteiger partial charge in [-0.2, -0.15) is 45.3 Å². The standard InChI is InChI=1S/C37H36N10O15S5/c1-21(41-44-29-15-6-23(38)18-31(29)62-3)4-5-22(2)47-64(51,52)27-13-9-25(10-14-27)43-46-36-33(66(56,57)58)19-28-32(65(53,54)55)20-30(35(39)34(28)37(36)48)45-42-24-7-11-26(12-8-24)63(49,50)17-16-40-67(59,60)61/h4-15,18-20,40,47-48H,1-2,16-17,38-39H2,3H3,(H,53,54,55)(H,56,57,58)(H,59,60,61)/b5-4-,44-41?,45-42?,46-43?. The number of hydrogen-bond acceptors (Lipinski definition) is 20. The van der Waals surface area contributed by atoms with Crippen molar-refractivity contribution in [1.29, 1.82) is 0 Å². The number of hydrogen-bond donors (Lipinski definition) is 8. The van der Waals surface area contributed by atoms with Crippen molar-refractivity contribution < 1.29 is 65.6 Å². The number of azo groups is 3. The first-order valence-electron chi connectivity index (χ1n) is 18.1. The minimum Gasteiger partial charge on any atom is -0.505 e. The second-order valence-corrected chi connectivity index (χ2v) is 21.2. The van der Waals surface area contributed by atoms with E-state index in [-0.39, 0.29) is 32.6 Å². The predicted molar refractivity (Wildman–Crippen MR) is 242 cm³/mol. The fraction of sp³-hybridized carbons (Fsp3) is 0.0811. The SMILES string of the molecule is C=C(/C=C\C(=C)NS(=O)(=O)c1ccc(N=Nc2c(S(=O)(=O)O)cc3c(S(=O)(=O)O)cc(N=Nc4ccc(S(=O)(=O)CCNS(=O)(=O)O)cc4)c(N)c3c2O)cc1)N=Nc1ccc(N)cc1OC. The van der Waals surface area contributed by atoms with Crippen LogP contribution in [0.25, 0.3) is 10.8 Å². The molecule has 0 bridgehead atoms. The fourth-order valence-corrected chi connectivity index (χ4v) is 9.56. The van der Waals surface area contributed by atoms with Crippen LogP contribution in [-0.4, -0.2) is 80.3 Å². The zero-order valence-corrected chi connectivity index (χ0v) is 38.2. The highest BCUT2D eigenvalue weighted by Crippen LogP contribution is 2.48. The molecule has 5 aromatic carbocycles. The molecule has 0 radical (unpaired) electrons. The van der Waals surface area contributed by atoms with Gasteiger partial charge in [0.25, 0.3) is 30.3 Å². The van der Waals surface area contributed by atoms with Crippen LogP contribution < -0.4 is 25.6 Å². The lowest BCUT2D eigenvalue weighted by atomic mass is 10.0. The largest absolute Gasteiger partial charge is 0.505 e. The van der Waals surface area contributed by atoms with E-state index in [1.54, 1.807) is 22.9 Å². The Labute approximate surface area is 382 Å². The Bertz CT molecular complexity index is 3510. The second-order valence-electron chi connectivity index (χ2n) is 13.4. The molecule has 67 heavy (non-hydrogen) atoms. The molecule has 5 rings (SSSR count). The van der Waals surface area contributed by atoms with Crippen LogP contribution in [0.4, 0.5) is 39.8 Å². The van der Waals surface area contributed by atoms with Crippen molar-refractivity contribution in [3.8, 4) is 11.5 Å². The molecule has 0 fully saturated rings. The summed E-state index contributed by atoms with van der Waals surface area (Å²) in [5.74, 6) is -1.56. The predicted octanol–water partition coefficient (Wildman–Crippen LogP) is 5.85. The van der Waals surface area contributed by atoms with Crippen LogP contribution in [0.15, 0.2) is 166 Å². The number of methoxy groups -OCH3 is 1. The van der Waals surface area contributed by atoms with E-state index in [0.29, 0.717) is 29.3 Å². The third kappa shape index (κ3) is 13.1. The monoisotopic (exact) mass is 1020 g/mol. The summed E-state index contributed by atoms with van der Waals surface area (Å²) in [6.07, 6.45) is 2.59. The molecule has 0 aliphatic carbocycles. The van der Waals surface area contributed by atoms with E-state index in [1.165, 1.54) is 19.3 Å². The maximum atomic E-state index is 13.1. The maximum absolute atomic E-state index is 13.1. The molecule has 0 saturated heterocycles. The minimum atomic E-state index is -5.36. The van der Waals surface area contributed by atoms with Gasteiger partial charge >= 0.3 is 10.3 Å². The van der Waals surface area contributed by atoms with Gasteiger partial charge < -0.3 is 21.3 Å². The van der Waals surface area contributed by atoms with Crippen LogP contribution in [0.1, 0.15) is 0 Å². The third-order valence-electron chi connectivity index (χ3n) is 8.64. The lowest BCUT2D eigenvalue weighted by molar-refractivity contribution is 0.416. The van der Waals surface area contributed by atoms with Crippen molar-refractivity contribution in [2.24, 2.45) is 30.7 Å². The van der Waals surface area contributed by atoms with Crippen molar-refractivity contribution in [1.82, 2.24) is 9.44 Å². The fourth-order valence-electron chi connectivity index (χ4n) is 5.54. The van der Waals surface area contributed by atoms with Crippen molar-refractivity contribution in [2.75, 3.05) is 30.9 Å². The first kappa shape index (κ1) is 51.0. The number of nitrogens with two attached hydrogens (primary N) is 2. The van der Waals surface area contributed by atoms with Gasteiger partial charge in [-0.3, -0.25) is 18.4 Å². The molecule has 0 amide bonds. The molecule has 0 aliphatic heterocycles. The topological polar surface area (TPSA) is 411 Å². The number of rotatable bonds is 19. The van der Waals surface area contributed by atoms with Crippen molar-refractivity contribution in [3.63, 3.8) is 0 Å². The number of aromatic hydroxyl groups is 1. The molecule has 5 aromatic rings. The first-order chi connectivity index (χ1) is 31.1. The highest BCUT2D eigenvalue weighted by atomic mass is 32.2. The lowest BCUT2D eigenvalue weighted by Crippen LogP contribution is -2.28. The number of sulfone groups is 1. The van der Waals surface area contributed by atoms with Gasteiger partial charge in [-0.15, -0.1) is 15.3 Å². The Morgan fingerprint density at radius 3 is 1.85 bits per heavy atom. The third-order valence-corrected chi connectivity index (χ3v) is 14.1. The summed E-state index contributed by atoms with van der Waals surface area (Å²) in [6, 6.07) is 14.7. The summed E-state index contributed by atoms with van der Waals surface area (Å²) in [6.45, 7) is 6.73. The molecule has 30 heteroatoms. The maximum Gasteiger partial charge on any atom is 0.333 e. The number of nitrogens with zero attached hydrogens (tertiary/aromatic N) is 6. The molecular weight excluding hydrogens is 985 g/mol. The Kier molecular flexibility index (Phi) is 15.1. The Hall–Kier alpha value is -7.03. The van der Waals surface area contributed by atoms with Crippen LogP contribution in [0.2, 0.25) is 0 Å². The normalized spacial score (nSPS) is 13.0.